The Labute approximate surface area is 333 Å². The van der Waals surface area contributed by atoms with Crippen LogP contribution in [0.1, 0.15) is 108 Å². The Bertz CT molecular complexity index is 1440. The van der Waals surface area contributed by atoms with Crippen molar-refractivity contribution in [2.75, 3.05) is 13.1 Å². The Hall–Kier alpha value is -5.65. The van der Waals surface area contributed by atoms with Gasteiger partial charge in [0, 0.05) is 44.9 Å². The molecule has 18 nitrogen and oxygen atoms in total. The van der Waals surface area contributed by atoms with Gasteiger partial charge in [0.05, 0.1) is 11.4 Å². The summed E-state index contributed by atoms with van der Waals surface area (Å²) < 4.78 is 0. The molecule has 0 aliphatic carbocycles. The number of hydrogen-bond donors (Lipinski definition) is 8. The van der Waals surface area contributed by atoms with Crippen molar-refractivity contribution < 1.29 is 54.0 Å². The van der Waals surface area contributed by atoms with Crippen molar-refractivity contribution in [3.05, 3.63) is 60.2 Å². The number of unbranched alkanes of at least 4 members (excludes halogenated alkanes) is 6. The molecule has 4 amide bonds. The Morgan fingerprint density at radius 1 is 0.649 bits per heavy atom. The minimum absolute atomic E-state index is 0.0934. The van der Waals surface area contributed by atoms with Gasteiger partial charge in [-0.3, -0.25) is 29.3 Å². The quantitative estimate of drug-likeness (QED) is 0.0415. The van der Waals surface area contributed by atoms with Gasteiger partial charge in [0.25, 0.3) is 0 Å². The molecule has 2 rings (SSSR count). The summed E-state index contributed by atoms with van der Waals surface area (Å²) in [6.07, 6.45) is 12.0. The molecule has 18 heteroatoms. The second kappa shape index (κ2) is 30.6. The van der Waals surface area contributed by atoms with Gasteiger partial charge in [0.1, 0.15) is 18.1 Å². The van der Waals surface area contributed by atoms with Crippen molar-refractivity contribution in [3.63, 3.8) is 0 Å². The minimum Gasteiger partial charge on any atom is -0.481 e. The van der Waals surface area contributed by atoms with E-state index < -0.39 is 54.5 Å². The van der Waals surface area contributed by atoms with Crippen LogP contribution in [0.5, 0.6) is 0 Å². The molecule has 0 radical (unpaired) electrons. The van der Waals surface area contributed by atoms with Crippen molar-refractivity contribution in [2.45, 2.75) is 128 Å². The van der Waals surface area contributed by atoms with E-state index in [4.69, 9.17) is 15.3 Å². The number of amides is 4. The maximum atomic E-state index is 12.1. The number of nitrogens with zero attached hydrogens (tertiary/aromatic N) is 3. The molecule has 0 aliphatic heterocycles. The maximum Gasteiger partial charge on any atom is 0.326 e. The molecule has 0 saturated carbocycles. The highest BCUT2D eigenvalue weighted by Crippen LogP contribution is 2.11. The Morgan fingerprint density at radius 2 is 1.18 bits per heavy atom. The zero-order valence-electron chi connectivity index (χ0n) is 32.6. The van der Waals surface area contributed by atoms with Crippen LogP contribution in [0.2, 0.25) is 0 Å². The summed E-state index contributed by atoms with van der Waals surface area (Å²) in [4.78, 5) is 89.1. The van der Waals surface area contributed by atoms with Crippen LogP contribution in [0.15, 0.2) is 48.8 Å². The number of pyridine rings is 2. The Kier molecular flexibility index (Phi) is 26.5. The van der Waals surface area contributed by atoms with E-state index in [0.717, 1.165) is 50.0 Å². The number of aliphatic carboxylic acids is 4. The van der Waals surface area contributed by atoms with Crippen LogP contribution in [0, 0.1) is 0 Å². The van der Waals surface area contributed by atoms with E-state index in [-0.39, 0.29) is 18.7 Å². The van der Waals surface area contributed by atoms with Gasteiger partial charge >= 0.3 is 29.9 Å². The summed E-state index contributed by atoms with van der Waals surface area (Å²) >= 11 is 0. The number of carboxylic acids is 4. The zero-order valence-corrected chi connectivity index (χ0v) is 32.6. The average molecular weight is 802 g/mol. The fourth-order valence-corrected chi connectivity index (χ4v) is 5.53. The van der Waals surface area contributed by atoms with Crippen molar-refractivity contribution in [2.24, 2.45) is 0 Å². The lowest BCUT2D eigenvalue weighted by atomic mass is 10.1. The highest BCUT2D eigenvalue weighted by atomic mass is 16.4. The van der Waals surface area contributed by atoms with Crippen LogP contribution in [-0.2, 0) is 41.9 Å². The molecular weight excluding hydrogens is 742 g/mol. The van der Waals surface area contributed by atoms with Crippen LogP contribution in [0.25, 0.3) is 0 Å². The topological polar surface area (TPSA) is 278 Å². The van der Waals surface area contributed by atoms with Crippen molar-refractivity contribution in [1.82, 2.24) is 36.1 Å². The Balaban J connectivity index is 0.000000602. The van der Waals surface area contributed by atoms with Crippen LogP contribution in [0.3, 0.4) is 0 Å². The summed E-state index contributed by atoms with van der Waals surface area (Å²) in [6, 6.07) is 7.27. The smallest absolute Gasteiger partial charge is 0.326 e. The predicted molar refractivity (Wildman–Crippen MR) is 209 cm³/mol. The molecule has 316 valence electrons. The lowest BCUT2D eigenvalue weighted by Gasteiger charge is -2.22. The fraction of sp³-hybridized carbons (Fsp3) is 0.564. The average Bonchev–Trinajstić information content (AvgIpc) is 3.17. The van der Waals surface area contributed by atoms with Gasteiger partial charge in [-0.25, -0.2) is 19.2 Å². The predicted octanol–water partition coefficient (Wildman–Crippen LogP) is 3.55. The summed E-state index contributed by atoms with van der Waals surface area (Å²) in [7, 11) is 0. The summed E-state index contributed by atoms with van der Waals surface area (Å²) in [6.45, 7) is 4.73. The molecule has 0 bridgehead atoms. The normalized spacial score (nSPS) is 12.2. The molecule has 3 unspecified atom stereocenters. The summed E-state index contributed by atoms with van der Waals surface area (Å²) in [5.74, 6) is -5.04. The summed E-state index contributed by atoms with van der Waals surface area (Å²) in [5.41, 5.74) is 1.98. The van der Waals surface area contributed by atoms with Crippen LogP contribution in [-0.4, -0.2) is 109 Å². The molecule has 0 saturated heterocycles. The van der Waals surface area contributed by atoms with Crippen LogP contribution >= 0.6 is 0 Å². The zero-order chi connectivity index (χ0) is 42.3. The molecule has 0 fully saturated rings. The molecule has 2 heterocycles. The summed E-state index contributed by atoms with van der Waals surface area (Å²) in [5, 5.41) is 45.3. The number of carbonyl (C=O) groups is 7. The van der Waals surface area contributed by atoms with E-state index in [1.165, 1.54) is 6.42 Å². The second-order valence-corrected chi connectivity index (χ2v) is 13.4. The molecule has 0 spiro atoms. The van der Waals surface area contributed by atoms with E-state index in [0.29, 0.717) is 58.1 Å². The molecule has 0 aliphatic rings. The van der Waals surface area contributed by atoms with Crippen LogP contribution < -0.4 is 21.3 Å². The SMILES string of the molecule is CCCCCCCC(=O)NC(CCCCN(Cc1ccccn1)Cc1ccccn1)C(=O)O.O=CNCCCCC(NC(=O)NC(CCC(=O)O)C(=O)O)C(=O)O. The monoisotopic (exact) mass is 801 g/mol. The van der Waals surface area contributed by atoms with E-state index in [2.05, 4.69) is 37.7 Å². The lowest BCUT2D eigenvalue weighted by molar-refractivity contribution is -0.142. The number of carboxylic acid groups (broad SMARTS) is 4. The van der Waals surface area contributed by atoms with Crippen LogP contribution in [0.4, 0.5) is 4.79 Å². The van der Waals surface area contributed by atoms with Gasteiger partial charge in [-0.05, 0) is 82.2 Å². The number of urea groups is 1. The number of nitrogens with one attached hydrogen (secondary N) is 4. The third kappa shape index (κ3) is 25.2. The standard InChI is InChI=1S/C26H38N4O3.C13H21N3O8/c1-2-3-4-5-6-16-25(31)29-24(26(32)33)15-9-12-19-30(20-22-13-7-10-17-27-22)21-23-14-8-11-18-28-23;17-7-14-6-2-1-3-8(11(20)21)15-13(24)16-9(12(22)23)4-5-10(18)19/h7-8,10-11,13-14,17-18,24H,2-6,9,12,15-16,19-21H2,1H3,(H,29,31)(H,32,33);7-9H,1-6H2,(H,14,17)(H,18,19)(H,20,21)(H,22,23)(H2,15,16,24). The highest BCUT2D eigenvalue weighted by Gasteiger charge is 2.25. The maximum absolute atomic E-state index is 12.1. The van der Waals surface area contributed by atoms with Gasteiger partial charge < -0.3 is 41.7 Å². The van der Waals surface area contributed by atoms with Crippen molar-refractivity contribution in [1.29, 1.82) is 0 Å². The third-order valence-corrected chi connectivity index (χ3v) is 8.58. The first-order valence-corrected chi connectivity index (χ1v) is 19.3. The minimum atomic E-state index is -1.44. The van der Waals surface area contributed by atoms with Gasteiger partial charge in [0.15, 0.2) is 0 Å². The molecule has 2 aromatic rings. The van der Waals surface area contributed by atoms with Crippen molar-refractivity contribution in [3.8, 4) is 0 Å². The van der Waals surface area contributed by atoms with Gasteiger partial charge in [-0.1, -0.05) is 44.7 Å². The lowest BCUT2D eigenvalue weighted by Crippen LogP contribution is -2.51. The number of hydrogen-bond acceptors (Lipinski definition) is 10. The molecule has 57 heavy (non-hydrogen) atoms. The first-order valence-electron chi connectivity index (χ1n) is 19.3. The number of aromatic nitrogens is 2. The number of carbonyl (C=O) groups excluding carboxylic acids is 3. The highest BCUT2D eigenvalue weighted by molar-refractivity contribution is 5.86. The Morgan fingerprint density at radius 3 is 1.67 bits per heavy atom. The second-order valence-electron chi connectivity index (χ2n) is 13.4. The van der Waals surface area contributed by atoms with E-state index in [9.17, 15) is 38.7 Å². The van der Waals surface area contributed by atoms with E-state index >= 15 is 0 Å². The largest absolute Gasteiger partial charge is 0.481 e. The molecule has 8 N–H and O–H groups in total. The first-order chi connectivity index (χ1) is 27.4. The molecule has 3 atom stereocenters. The van der Waals surface area contributed by atoms with Crippen molar-refractivity contribution >= 4 is 42.2 Å². The van der Waals surface area contributed by atoms with Gasteiger partial charge in [0.2, 0.25) is 12.3 Å². The molecule has 0 aromatic carbocycles. The van der Waals surface area contributed by atoms with Gasteiger partial charge in [-0.15, -0.1) is 0 Å². The molecule has 2 aromatic heterocycles. The first kappa shape index (κ1) is 49.4. The van der Waals surface area contributed by atoms with Gasteiger partial charge in [-0.2, -0.15) is 0 Å². The number of rotatable bonds is 30. The van der Waals surface area contributed by atoms with E-state index in [1.54, 1.807) is 12.4 Å². The fourth-order valence-electron chi connectivity index (χ4n) is 5.53. The van der Waals surface area contributed by atoms with E-state index in [1.807, 2.05) is 41.7 Å². The third-order valence-electron chi connectivity index (χ3n) is 8.58. The molecular formula is C39H59N7O11.